The van der Waals surface area contributed by atoms with Crippen LogP contribution in [0.1, 0.15) is 32.7 Å². The van der Waals surface area contributed by atoms with Gasteiger partial charge in [-0.15, -0.1) is 0 Å². The highest BCUT2D eigenvalue weighted by Crippen LogP contribution is 2.35. The van der Waals surface area contributed by atoms with E-state index in [-0.39, 0.29) is 23.9 Å². The van der Waals surface area contributed by atoms with E-state index in [0.29, 0.717) is 28.7 Å². The summed E-state index contributed by atoms with van der Waals surface area (Å²) in [6.45, 7) is 3.23. The van der Waals surface area contributed by atoms with Gasteiger partial charge in [-0.05, 0) is 41.8 Å². The molecule has 0 aliphatic carbocycles. The average Bonchev–Trinajstić information content (AvgIpc) is 2.77. The van der Waals surface area contributed by atoms with E-state index in [2.05, 4.69) is 25.6 Å². The zero-order valence-corrected chi connectivity index (χ0v) is 20.7. The monoisotopic (exact) mass is 524 g/mol. The fourth-order valence-electron chi connectivity index (χ4n) is 3.14. The first-order valence-electron chi connectivity index (χ1n) is 10.4. The fourth-order valence-corrected chi connectivity index (χ4v) is 3.62. The number of carbonyl (C=O) groups is 1. The number of hydrogen-bond acceptors (Lipinski definition) is 7. The third-order valence-electron chi connectivity index (χ3n) is 5.21. The van der Waals surface area contributed by atoms with Gasteiger partial charge in [0.15, 0.2) is 12.1 Å². The number of nitrogens with zero attached hydrogens (tertiary/aromatic N) is 4. The van der Waals surface area contributed by atoms with Gasteiger partial charge < -0.3 is 16.4 Å². The van der Waals surface area contributed by atoms with Crippen LogP contribution in [-0.4, -0.2) is 38.7 Å². The molecule has 1 aromatic carbocycles. The Labute approximate surface area is 206 Å². The normalized spacial score (nSPS) is 13.1. The van der Waals surface area contributed by atoms with Crippen molar-refractivity contribution in [1.29, 1.82) is 0 Å². The number of halogens is 3. The van der Waals surface area contributed by atoms with E-state index in [0.717, 1.165) is 10.6 Å². The number of anilines is 4. The number of hydrogen-bond donors (Lipinski definition) is 4. The quantitative estimate of drug-likeness (QED) is 0.324. The van der Waals surface area contributed by atoms with Crippen LogP contribution in [0.4, 0.5) is 36.4 Å². The number of carbonyl (C=O) groups excluding carboxylic acids is 1. The Bertz CT molecular complexity index is 1340. The van der Waals surface area contributed by atoms with E-state index in [1.165, 1.54) is 19.2 Å². The molecular formula is C22H25F3N7O3S+. The molecule has 0 fully saturated rings. The van der Waals surface area contributed by atoms with Crippen molar-refractivity contribution in [2.75, 3.05) is 28.2 Å². The largest absolute Gasteiger partial charge is 0.421 e. The summed E-state index contributed by atoms with van der Waals surface area (Å²) in [6.07, 6.45) is -3.01. The van der Waals surface area contributed by atoms with Gasteiger partial charge in [0.2, 0.25) is 11.9 Å². The van der Waals surface area contributed by atoms with Gasteiger partial charge in [-0.2, -0.15) is 27.0 Å². The number of pyridine rings is 1. The van der Waals surface area contributed by atoms with E-state index < -0.39 is 33.9 Å². The van der Waals surface area contributed by atoms with Crippen LogP contribution in [0.5, 0.6) is 0 Å². The molecule has 0 saturated heterocycles. The molecule has 0 spiro atoms. The van der Waals surface area contributed by atoms with Crippen LogP contribution in [0.2, 0.25) is 0 Å². The first-order valence-corrected chi connectivity index (χ1v) is 12.3. The molecule has 2 heterocycles. The van der Waals surface area contributed by atoms with Crippen molar-refractivity contribution in [3.63, 3.8) is 0 Å². The van der Waals surface area contributed by atoms with Crippen molar-refractivity contribution in [2.45, 2.75) is 26.6 Å². The maximum Gasteiger partial charge on any atom is 0.421 e. The summed E-state index contributed by atoms with van der Waals surface area (Å²) < 4.78 is 64.1. The maximum atomic E-state index is 13.7. The van der Waals surface area contributed by atoms with Crippen LogP contribution < -0.4 is 20.7 Å². The van der Waals surface area contributed by atoms with Crippen LogP contribution in [0, 0.1) is 13.8 Å². The molecule has 10 nitrogen and oxygen atoms in total. The molecule has 5 N–H and O–H groups in total. The zero-order valence-electron chi connectivity index (χ0n) is 19.8. The van der Waals surface area contributed by atoms with Gasteiger partial charge in [0.05, 0.1) is 7.05 Å². The van der Waals surface area contributed by atoms with E-state index >= 15 is 0 Å². The minimum atomic E-state index is -4.75. The minimum absolute atomic E-state index is 0.136. The molecule has 36 heavy (non-hydrogen) atoms. The summed E-state index contributed by atoms with van der Waals surface area (Å²) in [4.78, 5) is 23.5. The molecular weight excluding hydrogens is 499 g/mol. The van der Waals surface area contributed by atoms with Crippen molar-refractivity contribution in [1.82, 2.24) is 15.0 Å². The number of alkyl halides is 3. The lowest BCUT2D eigenvalue weighted by atomic mass is 10.1. The Kier molecular flexibility index (Phi) is 7.50. The van der Waals surface area contributed by atoms with Crippen LogP contribution in [0.3, 0.4) is 0 Å². The average molecular weight is 525 g/mol. The number of aryl methyl sites for hydroxylation is 2. The Morgan fingerprint density at radius 3 is 2.50 bits per heavy atom. The number of benzene rings is 1. The van der Waals surface area contributed by atoms with Gasteiger partial charge in [-0.3, -0.25) is 4.79 Å². The number of rotatable bonds is 8. The highest BCUT2D eigenvalue weighted by molar-refractivity contribution is 7.98. The number of nitrogens with two attached hydrogens (primary N) is 1. The predicted octanol–water partition coefficient (Wildman–Crippen LogP) is 3.92. The molecule has 3 rings (SSSR count). The van der Waals surface area contributed by atoms with Crippen molar-refractivity contribution in [3.8, 4) is 0 Å². The van der Waals surface area contributed by atoms with E-state index in [9.17, 15) is 26.7 Å². The molecule has 3 aromatic rings. The molecule has 1 amide bonds. The van der Waals surface area contributed by atoms with Crippen LogP contribution >= 0.6 is 0 Å². The second-order valence-electron chi connectivity index (χ2n) is 8.02. The molecule has 0 aliphatic rings. The molecule has 1 unspecified atom stereocenters. The first-order chi connectivity index (χ1) is 16.7. The first kappa shape index (κ1) is 26.8. The number of aromatic nitrogens is 3. The number of primary amides is 1. The second kappa shape index (κ2) is 10.1. The van der Waals surface area contributed by atoms with Crippen LogP contribution in [-0.2, 0) is 27.3 Å². The molecule has 2 aromatic heterocycles. The highest BCUT2D eigenvalue weighted by Gasteiger charge is 2.35. The molecule has 0 saturated carbocycles. The van der Waals surface area contributed by atoms with Gasteiger partial charge in [-0.1, -0.05) is 12.1 Å². The number of nitrogens with one attached hydrogen (secondary N) is 2. The molecule has 1 atom stereocenters. The zero-order chi connectivity index (χ0) is 26.8. The lowest BCUT2D eigenvalue weighted by Crippen LogP contribution is -2.32. The summed E-state index contributed by atoms with van der Waals surface area (Å²) in [5.41, 5.74) is 6.41. The topological polar surface area (TPSA) is 146 Å². The van der Waals surface area contributed by atoms with Crippen LogP contribution in [0.25, 0.3) is 0 Å². The maximum absolute atomic E-state index is 13.7. The SMILES string of the molecule is Cc1ccc(CNc2nc(Nc3cc(C(N)=O)ccc3C)ncc2C(F)(F)F)c(N(C)[S+](C)(=O)O)n1. The smallest absolute Gasteiger partial charge is 0.366 e. The minimum Gasteiger partial charge on any atom is -0.366 e. The summed E-state index contributed by atoms with van der Waals surface area (Å²) in [5, 5.41) is 5.46. The van der Waals surface area contributed by atoms with Crippen molar-refractivity contribution in [3.05, 3.63) is 64.5 Å². The van der Waals surface area contributed by atoms with E-state index in [1.807, 2.05) is 0 Å². The second-order valence-corrected chi connectivity index (χ2v) is 10.1. The Balaban J connectivity index is 1.97. The summed E-state index contributed by atoms with van der Waals surface area (Å²) >= 11 is 0. The van der Waals surface area contributed by atoms with Crippen LogP contribution in [0.15, 0.2) is 36.5 Å². The Morgan fingerprint density at radius 2 is 1.89 bits per heavy atom. The van der Waals surface area contributed by atoms with E-state index in [1.54, 1.807) is 32.0 Å². The third kappa shape index (κ3) is 6.26. The molecule has 192 valence electrons. The fraction of sp³-hybridized carbons (Fsp3) is 0.273. The number of amides is 1. The van der Waals surface area contributed by atoms with Crippen molar-refractivity contribution >= 4 is 39.6 Å². The predicted molar refractivity (Wildman–Crippen MR) is 131 cm³/mol. The molecule has 0 radical (unpaired) electrons. The van der Waals surface area contributed by atoms with Gasteiger partial charge in [0.25, 0.3) is 0 Å². The van der Waals surface area contributed by atoms with Gasteiger partial charge in [0, 0.05) is 35.2 Å². The third-order valence-corrected chi connectivity index (χ3v) is 6.40. The van der Waals surface area contributed by atoms with Crippen molar-refractivity contribution in [2.24, 2.45) is 5.73 Å². The molecule has 0 bridgehead atoms. The standard InChI is InChI=1S/C22H24F3N7O3S/c1-12-5-7-14(18(26)33)9-17(12)30-21-28-11-16(22(23,24)25)19(31-21)27-10-15-8-6-13(2)29-20(15)32(3)36(4,34)35/h5-9,11H,10H2,1-4H3,(H4-,26,27,28,30,31,33,34,35)/p+1. The summed E-state index contributed by atoms with van der Waals surface area (Å²) in [7, 11) is -2.05. The van der Waals surface area contributed by atoms with Crippen molar-refractivity contribution < 1.29 is 26.7 Å². The van der Waals surface area contributed by atoms with Gasteiger partial charge in [0.1, 0.15) is 11.4 Å². The summed E-state index contributed by atoms with van der Waals surface area (Å²) in [6, 6.07) is 7.83. The summed E-state index contributed by atoms with van der Waals surface area (Å²) in [5.74, 6) is -1.20. The van der Waals surface area contributed by atoms with Gasteiger partial charge in [-0.25, -0.2) is 9.97 Å². The highest BCUT2D eigenvalue weighted by atomic mass is 32.3. The molecule has 0 aliphatic heterocycles. The lowest BCUT2D eigenvalue weighted by Gasteiger charge is -2.19. The Hall–Kier alpha value is -3.78. The van der Waals surface area contributed by atoms with E-state index in [4.69, 9.17) is 5.73 Å². The molecule has 14 heteroatoms. The Morgan fingerprint density at radius 1 is 1.19 bits per heavy atom. The van der Waals surface area contributed by atoms with Gasteiger partial charge >= 0.3 is 16.6 Å². The lowest BCUT2D eigenvalue weighted by molar-refractivity contribution is -0.137.